The molecule has 0 spiro atoms. The summed E-state index contributed by atoms with van der Waals surface area (Å²) in [5.41, 5.74) is 0.539. The Morgan fingerprint density at radius 1 is 1.07 bits per heavy atom. The van der Waals surface area contributed by atoms with Gasteiger partial charge in [0, 0.05) is 37.9 Å². The minimum absolute atomic E-state index is 0.212. The highest BCUT2D eigenvalue weighted by atomic mass is 16.5. The fourth-order valence-corrected chi connectivity index (χ4v) is 2.64. The maximum absolute atomic E-state index is 12.1. The summed E-state index contributed by atoms with van der Waals surface area (Å²) in [5.74, 6) is 0.904. The minimum atomic E-state index is -0.557. The van der Waals surface area contributed by atoms with Crippen LogP contribution in [0.5, 0.6) is 11.5 Å². The van der Waals surface area contributed by atoms with Crippen molar-refractivity contribution >= 4 is 17.6 Å². The van der Waals surface area contributed by atoms with Crippen LogP contribution >= 0.6 is 0 Å². The van der Waals surface area contributed by atoms with Gasteiger partial charge in [0.05, 0.1) is 19.8 Å². The molecule has 27 heavy (non-hydrogen) atoms. The second kappa shape index (κ2) is 11.4. The fourth-order valence-electron chi connectivity index (χ4n) is 2.64. The molecule has 2 rings (SSSR count). The van der Waals surface area contributed by atoms with Crippen LogP contribution in [0.25, 0.3) is 0 Å². The molecule has 0 saturated carbocycles. The molecule has 1 aliphatic rings. The van der Waals surface area contributed by atoms with E-state index in [0.29, 0.717) is 30.4 Å². The molecule has 1 aliphatic heterocycles. The van der Waals surface area contributed by atoms with Crippen LogP contribution in [0.2, 0.25) is 0 Å². The molecule has 150 valence electrons. The average molecular weight is 378 g/mol. The first kappa shape index (κ1) is 21.0. The van der Waals surface area contributed by atoms with Gasteiger partial charge in [-0.2, -0.15) is 0 Å². The third kappa shape index (κ3) is 7.44. The van der Waals surface area contributed by atoms with Gasteiger partial charge in [0.2, 0.25) is 5.91 Å². The highest BCUT2D eigenvalue weighted by molar-refractivity contribution is 6.01. The van der Waals surface area contributed by atoms with E-state index in [2.05, 4.69) is 16.0 Å². The Balaban J connectivity index is 1.90. The summed E-state index contributed by atoms with van der Waals surface area (Å²) in [7, 11) is 0. The van der Waals surface area contributed by atoms with Gasteiger partial charge >= 0.3 is 6.03 Å². The summed E-state index contributed by atoms with van der Waals surface area (Å²) in [5, 5.41) is 8.26. The molecule has 0 aromatic heterocycles. The summed E-state index contributed by atoms with van der Waals surface area (Å²) in [6.45, 7) is 8.72. The summed E-state index contributed by atoms with van der Waals surface area (Å²) < 4.78 is 11.4. The fraction of sp³-hybridized carbons (Fsp3) is 0.579. The van der Waals surface area contributed by atoms with E-state index >= 15 is 0 Å². The number of piperazine rings is 1. The van der Waals surface area contributed by atoms with E-state index in [9.17, 15) is 9.59 Å². The van der Waals surface area contributed by atoms with Crippen LogP contribution in [0.4, 0.5) is 10.5 Å². The monoisotopic (exact) mass is 378 g/mol. The molecule has 0 radical (unpaired) electrons. The maximum atomic E-state index is 12.1. The first-order valence-electron chi connectivity index (χ1n) is 9.56. The van der Waals surface area contributed by atoms with Gasteiger partial charge in [-0.05, 0) is 25.0 Å². The van der Waals surface area contributed by atoms with Gasteiger partial charge in [0.15, 0.2) is 11.5 Å². The zero-order valence-corrected chi connectivity index (χ0v) is 16.2. The van der Waals surface area contributed by atoms with Gasteiger partial charge in [0.1, 0.15) is 0 Å². The Kier molecular flexibility index (Phi) is 8.86. The van der Waals surface area contributed by atoms with Crippen molar-refractivity contribution in [1.82, 2.24) is 15.5 Å². The SMILES string of the molecule is CCCOc1ccc(NC(=O)NC(=O)CN2CCNCC2)cc1OCCC. The van der Waals surface area contributed by atoms with Crippen LogP contribution in [0.1, 0.15) is 26.7 Å². The molecule has 3 amide bonds. The second-order valence-corrected chi connectivity index (χ2v) is 6.39. The Bertz CT molecular complexity index is 618. The number of hydrogen-bond donors (Lipinski definition) is 3. The van der Waals surface area contributed by atoms with Crippen molar-refractivity contribution in [1.29, 1.82) is 0 Å². The molecular weight excluding hydrogens is 348 g/mol. The molecule has 0 bridgehead atoms. The van der Waals surface area contributed by atoms with E-state index < -0.39 is 6.03 Å². The quantitative estimate of drug-likeness (QED) is 0.607. The van der Waals surface area contributed by atoms with Crippen LogP contribution in [-0.4, -0.2) is 62.8 Å². The maximum Gasteiger partial charge on any atom is 0.325 e. The lowest BCUT2D eigenvalue weighted by Gasteiger charge is -2.26. The predicted molar refractivity (Wildman–Crippen MR) is 104 cm³/mol. The summed E-state index contributed by atoms with van der Waals surface area (Å²) >= 11 is 0. The molecule has 0 unspecified atom stereocenters. The molecule has 1 aromatic carbocycles. The van der Waals surface area contributed by atoms with Gasteiger partial charge in [0.25, 0.3) is 0 Å². The minimum Gasteiger partial charge on any atom is -0.490 e. The first-order chi connectivity index (χ1) is 13.1. The number of carbonyl (C=O) groups is 2. The number of rotatable bonds is 9. The molecule has 8 heteroatoms. The van der Waals surface area contributed by atoms with Crippen molar-refractivity contribution in [2.24, 2.45) is 0 Å². The lowest BCUT2D eigenvalue weighted by molar-refractivity contribution is -0.121. The number of amides is 3. The highest BCUT2D eigenvalue weighted by Gasteiger charge is 2.16. The zero-order chi connectivity index (χ0) is 19.5. The molecular formula is C19H30N4O4. The number of hydrogen-bond acceptors (Lipinski definition) is 6. The molecule has 1 fully saturated rings. The molecule has 1 heterocycles. The van der Waals surface area contributed by atoms with Crippen molar-refractivity contribution in [3.8, 4) is 11.5 Å². The molecule has 1 aromatic rings. The van der Waals surface area contributed by atoms with Crippen LogP contribution in [0.15, 0.2) is 18.2 Å². The number of anilines is 1. The van der Waals surface area contributed by atoms with Gasteiger partial charge in [-0.15, -0.1) is 0 Å². The van der Waals surface area contributed by atoms with E-state index in [-0.39, 0.29) is 12.5 Å². The van der Waals surface area contributed by atoms with Gasteiger partial charge in [-0.3, -0.25) is 15.0 Å². The molecule has 0 atom stereocenters. The topological polar surface area (TPSA) is 91.9 Å². The Labute approximate surface area is 160 Å². The lowest BCUT2D eigenvalue weighted by Crippen LogP contribution is -2.48. The number of ether oxygens (including phenoxy) is 2. The normalized spacial score (nSPS) is 14.4. The van der Waals surface area contributed by atoms with E-state index in [0.717, 1.165) is 39.0 Å². The third-order valence-electron chi connectivity index (χ3n) is 3.95. The smallest absolute Gasteiger partial charge is 0.325 e. The summed E-state index contributed by atoms with van der Waals surface area (Å²) in [6.07, 6.45) is 1.76. The number of urea groups is 1. The van der Waals surface area contributed by atoms with Gasteiger partial charge in [-0.1, -0.05) is 13.8 Å². The van der Waals surface area contributed by atoms with Crippen LogP contribution < -0.4 is 25.4 Å². The van der Waals surface area contributed by atoms with E-state index in [1.54, 1.807) is 18.2 Å². The van der Waals surface area contributed by atoms with Crippen LogP contribution in [-0.2, 0) is 4.79 Å². The second-order valence-electron chi connectivity index (χ2n) is 6.39. The van der Waals surface area contributed by atoms with E-state index in [1.165, 1.54) is 0 Å². The first-order valence-corrected chi connectivity index (χ1v) is 9.56. The van der Waals surface area contributed by atoms with E-state index in [1.807, 2.05) is 18.7 Å². The van der Waals surface area contributed by atoms with Crippen molar-refractivity contribution in [3.05, 3.63) is 18.2 Å². The largest absolute Gasteiger partial charge is 0.490 e. The van der Waals surface area contributed by atoms with Gasteiger partial charge in [-0.25, -0.2) is 4.79 Å². The number of carbonyl (C=O) groups excluding carboxylic acids is 2. The standard InChI is InChI=1S/C19H30N4O4/c1-3-11-26-16-6-5-15(13-17(16)27-12-4-2)21-19(25)22-18(24)14-23-9-7-20-8-10-23/h5-6,13,20H,3-4,7-12,14H2,1-2H3,(H2,21,22,24,25). The Hall–Kier alpha value is -2.32. The number of nitrogens with one attached hydrogen (secondary N) is 3. The predicted octanol–water partition coefficient (Wildman–Crippen LogP) is 1.82. The molecule has 0 aliphatic carbocycles. The Morgan fingerprint density at radius 2 is 1.74 bits per heavy atom. The lowest BCUT2D eigenvalue weighted by atomic mass is 10.2. The van der Waals surface area contributed by atoms with E-state index in [4.69, 9.17) is 9.47 Å². The van der Waals surface area contributed by atoms with Crippen molar-refractivity contribution in [2.45, 2.75) is 26.7 Å². The van der Waals surface area contributed by atoms with Gasteiger partial charge < -0.3 is 20.1 Å². The number of benzene rings is 1. The van der Waals surface area contributed by atoms with Crippen molar-refractivity contribution < 1.29 is 19.1 Å². The molecule has 3 N–H and O–H groups in total. The number of nitrogens with zero attached hydrogens (tertiary/aromatic N) is 1. The summed E-state index contributed by atoms with van der Waals surface area (Å²) in [4.78, 5) is 26.1. The average Bonchev–Trinajstić information content (AvgIpc) is 2.66. The molecule has 8 nitrogen and oxygen atoms in total. The Morgan fingerprint density at radius 3 is 2.41 bits per heavy atom. The van der Waals surface area contributed by atoms with Crippen molar-refractivity contribution in [3.63, 3.8) is 0 Å². The molecule has 1 saturated heterocycles. The van der Waals surface area contributed by atoms with Crippen LogP contribution in [0, 0.1) is 0 Å². The van der Waals surface area contributed by atoms with Crippen LogP contribution in [0.3, 0.4) is 0 Å². The number of imide groups is 1. The van der Waals surface area contributed by atoms with Crippen molar-refractivity contribution in [2.75, 3.05) is 51.3 Å². The summed E-state index contributed by atoms with van der Waals surface area (Å²) in [6, 6.07) is 4.64. The third-order valence-corrected chi connectivity index (χ3v) is 3.95. The highest BCUT2D eigenvalue weighted by Crippen LogP contribution is 2.30. The zero-order valence-electron chi connectivity index (χ0n) is 16.2.